The van der Waals surface area contributed by atoms with Gasteiger partial charge in [0.15, 0.2) is 4.34 Å². The summed E-state index contributed by atoms with van der Waals surface area (Å²) in [5.74, 6) is 0.334. The molecule has 0 bridgehead atoms. The fourth-order valence-corrected chi connectivity index (χ4v) is 4.34. The minimum absolute atomic E-state index is 0.211. The van der Waals surface area contributed by atoms with E-state index in [1.165, 1.54) is 30.2 Å². The van der Waals surface area contributed by atoms with Crippen LogP contribution in [-0.4, -0.2) is 41.7 Å². The van der Waals surface area contributed by atoms with Gasteiger partial charge in [-0.05, 0) is 13.0 Å². The Hall–Kier alpha value is -2.79. The van der Waals surface area contributed by atoms with Gasteiger partial charge in [0.2, 0.25) is 5.13 Å². The average molecular weight is 422 g/mol. The van der Waals surface area contributed by atoms with E-state index < -0.39 is 18.0 Å². The van der Waals surface area contributed by atoms with Gasteiger partial charge in [0.25, 0.3) is 0 Å². The van der Waals surface area contributed by atoms with Gasteiger partial charge in [-0.2, -0.15) is 0 Å². The molecule has 0 spiro atoms. The first-order chi connectivity index (χ1) is 13.5. The Morgan fingerprint density at radius 2 is 2.14 bits per heavy atom. The predicted octanol–water partition coefficient (Wildman–Crippen LogP) is 2.09. The maximum Gasteiger partial charge on any atom is 0.338 e. The molecule has 2 aromatic rings. The van der Waals surface area contributed by atoms with Gasteiger partial charge >= 0.3 is 12.0 Å². The number of thioether (sulfide) groups is 1. The molecule has 9 nitrogen and oxygen atoms in total. The Labute approximate surface area is 169 Å². The first-order valence-corrected chi connectivity index (χ1v) is 10.2. The number of hydrogen-bond acceptors (Lipinski definition) is 9. The molecule has 0 aliphatic carbocycles. The number of para-hydroxylation sites is 1. The number of carbonyl (C=O) groups excluding carboxylic acids is 2. The molecule has 0 saturated carbocycles. The van der Waals surface area contributed by atoms with Crippen LogP contribution in [0.4, 0.5) is 9.93 Å². The van der Waals surface area contributed by atoms with Crippen LogP contribution in [0.3, 0.4) is 0 Å². The second-order valence-corrected chi connectivity index (χ2v) is 7.81. The number of nitrogens with zero attached hydrogens (tertiary/aromatic N) is 2. The molecule has 1 aromatic carbocycles. The Morgan fingerprint density at radius 1 is 1.36 bits per heavy atom. The van der Waals surface area contributed by atoms with E-state index in [0.29, 0.717) is 37.8 Å². The average Bonchev–Trinajstić information content (AvgIpc) is 3.11. The third-order valence-corrected chi connectivity index (χ3v) is 5.77. The van der Waals surface area contributed by atoms with E-state index in [0.717, 1.165) is 0 Å². The van der Waals surface area contributed by atoms with Gasteiger partial charge in [-0.25, -0.2) is 9.59 Å². The van der Waals surface area contributed by atoms with Crippen LogP contribution in [0.25, 0.3) is 0 Å². The monoisotopic (exact) mass is 421 g/mol. The number of carbonyl (C=O) groups is 2. The number of esters is 1. The molecule has 0 saturated heterocycles. The number of aromatic nitrogens is 2. The number of nitrogens with two attached hydrogens (primary N) is 1. The van der Waals surface area contributed by atoms with Gasteiger partial charge in [0, 0.05) is 17.0 Å². The Balaban J connectivity index is 2.01. The number of rotatable bonds is 7. The molecule has 148 valence electrons. The lowest BCUT2D eigenvalue weighted by Gasteiger charge is -2.30. The normalized spacial score (nSPS) is 16.4. The number of hydrogen-bond donors (Lipinski definition) is 3. The van der Waals surface area contributed by atoms with Crippen LogP contribution in [0.2, 0.25) is 0 Å². The molecule has 1 aromatic heterocycles. The lowest BCUT2D eigenvalue weighted by atomic mass is 9.95. The van der Waals surface area contributed by atoms with Gasteiger partial charge in [-0.1, -0.05) is 41.3 Å². The Bertz CT molecular complexity index is 914. The summed E-state index contributed by atoms with van der Waals surface area (Å²) in [6.45, 7) is 1.94. The van der Waals surface area contributed by atoms with E-state index >= 15 is 0 Å². The quantitative estimate of drug-likeness (QED) is 0.458. The van der Waals surface area contributed by atoms with E-state index in [4.69, 9.17) is 15.2 Å². The van der Waals surface area contributed by atoms with Gasteiger partial charge in [0.05, 0.1) is 25.3 Å². The van der Waals surface area contributed by atoms with Gasteiger partial charge in [-0.3, -0.25) is 0 Å². The molecule has 0 radical (unpaired) electrons. The standard InChI is InChI=1S/C17H19N5O4S2/c1-3-26-14(23)12-10(8-27-17-22-21-15(18)28-17)19-16(24)20-13(12)9-6-4-5-7-11(9)25-2/h4-7,13H,3,8H2,1-2H3,(H2,18,21)(H2,19,20,24)/t13-/m0/s1. The fraction of sp³-hybridized carbons (Fsp3) is 0.294. The smallest absolute Gasteiger partial charge is 0.338 e. The molecule has 2 amide bonds. The highest BCUT2D eigenvalue weighted by atomic mass is 32.2. The summed E-state index contributed by atoms with van der Waals surface area (Å²) >= 11 is 2.55. The molecular formula is C17H19N5O4S2. The number of nitrogen functional groups attached to an aromatic ring is 1. The van der Waals surface area contributed by atoms with Crippen LogP contribution in [0.1, 0.15) is 18.5 Å². The van der Waals surface area contributed by atoms with Crippen molar-refractivity contribution in [2.75, 3.05) is 25.2 Å². The van der Waals surface area contributed by atoms with Crippen LogP contribution < -0.4 is 21.1 Å². The Kier molecular flexibility index (Phi) is 6.37. The summed E-state index contributed by atoms with van der Waals surface area (Å²) in [7, 11) is 1.53. The summed E-state index contributed by atoms with van der Waals surface area (Å²) < 4.78 is 11.3. The van der Waals surface area contributed by atoms with Crippen molar-refractivity contribution in [1.29, 1.82) is 0 Å². The first-order valence-electron chi connectivity index (χ1n) is 8.35. The van der Waals surface area contributed by atoms with E-state index in [1.807, 2.05) is 12.1 Å². The van der Waals surface area contributed by atoms with Crippen LogP contribution >= 0.6 is 23.1 Å². The van der Waals surface area contributed by atoms with Crippen molar-refractivity contribution >= 4 is 40.2 Å². The SMILES string of the molecule is CCOC(=O)C1=C(CSc2nnc(N)s2)NC(=O)N[C@H]1c1ccccc1OC. The molecule has 11 heteroatoms. The zero-order valence-corrected chi connectivity index (χ0v) is 16.9. The lowest BCUT2D eigenvalue weighted by Crippen LogP contribution is -2.46. The molecule has 4 N–H and O–H groups in total. The van der Waals surface area contributed by atoms with E-state index in [9.17, 15) is 9.59 Å². The summed E-state index contributed by atoms with van der Waals surface area (Å²) in [6.07, 6.45) is 0. The highest BCUT2D eigenvalue weighted by molar-refractivity contribution is 8.01. The lowest BCUT2D eigenvalue weighted by molar-refractivity contribution is -0.139. The number of urea groups is 1. The third-order valence-electron chi connectivity index (χ3n) is 3.86. The molecule has 1 atom stereocenters. The number of methoxy groups -OCH3 is 1. The molecule has 3 rings (SSSR count). The van der Waals surface area contributed by atoms with Crippen molar-refractivity contribution in [3.8, 4) is 5.75 Å². The first kappa shape index (κ1) is 20.0. The van der Waals surface area contributed by atoms with Crippen LogP contribution in [0.15, 0.2) is 39.9 Å². The number of anilines is 1. The Morgan fingerprint density at radius 3 is 2.82 bits per heavy atom. The predicted molar refractivity (Wildman–Crippen MR) is 106 cm³/mol. The molecule has 1 aliphatic rings. The van der Waals surface area contributed by atoms with Crippen molar-refractivity contribution in [3.63, 3.8) is 0 Å². The minimum atomic E-state index is -0.709. The van der Waals surface area contributed by atoms with Crippen molar-refractivity contribution in [2.45, 2.75) is 17.3 Å². The van der Waals surface area contributed by atoms with Crippen molar-refractivity contribution in [3.05, 3.63) is 41.1 Å². The van der Waals surface area contributed by atoms with Crippen LogP contribution in [-0.2, 0) is 9.53 Å². The van der Waals surface area contributed by atoms with Crippen molar-refractivity contribution < 1.29 is 19.1 Å². The van der Waals surface area contributed by atoms with Gasteiger partial charge < -0.3 is 25.8 Å². The second-order valence-electron chi connectivity index (χ2n) is 5.58. The van der Waals surface area contributed by atoms with Crippen LogP contribution in [0, 0.1) is 0 Å². The molecular weight excluding hydrogens is 402 g/mol. The number of benzene rings is 1. The topological polar surface area (TPSA) is 128 Å². The molecule has 0 unspecified atom stereocenters. The van der Waals surface area contributed by atoms with Gasteiger partial charge in [0.1, 0.15) is 5.75 Å². The van der Waals surface area contributed by atoms with Gasteiger partial charge in [-0.15, -0.1) is 10.2 Å². The number of nitrogens with one attached hydrogen (secondary N) is 2. The second kappa shape index (κ2) is 8.93. The largest absolute Gasteiger partial charge is 0.496 e. The molecule has 1 aliphatic heterocycles. The van der Waals surface area contributed by atoms with Crippen molar-refractivity contribution in [2.24, 2.45) is 0 Å². The summed E-state index contributed by atoms with van der Waals surface area (Å²) in [4.78, 5) is 25.0. The third kappa shape index (κ3) is 4.37. The maximum absolute atomic E-state index is 12.7. The van der Waals surface area contributed by atoms with E-state index in [1.54, 1.807) is 19.1 Å². The highest BCUT2D eigenvalue weighted by Gasteiger charge is 2.35. The summed E-state index contributed by atoms with van der Waals surface area (Å²) in [6, 6.07) is 6.06. The molecule has 0 fully saturated rings. The summed E-state index contributed by atoms with van der Waals surface area (Å²) in [5, 5.41) is 13.6. The molecule has 2 heterocycles. The van der Waals surface area contributed by atoms with Crippen LogP contribution in [0.5, 0.6) is 5.75 Å². The minimum Gasteiger partial charge on any atom is -0.496 e. The van der Waals surface area contributed by atoms with E-state index in [-0.39, 0.29) is 6.61 Å². The van der Waals surface area contributed by atoms with E-state index in [2.05, 4.69) is 20.8 Å². The summed E-state index contributed by atoms with van der Waals surface area (Å²) in [5.41, 5.74) is 7.02. The number of amides is 2. The zero-order chi connectivity index (χ0) is 20.1. The zero-order valence-electron chi connectivity index (χ0n) is 15.2. The van der Waals surface area contributed by atoms with Crippen molar-refractivity contribution in [1.82, 2.24) is 20.8 Å². The maximum atomic E-state index is 12.7. The number of ether oxygens (including phenoxy) is 2. The highest BCUT2D eigenvalue weighted by Crippen LogP contribution is 2.35. The molecule has 28 heavy (non-hydrogen) atoms. The fourth-order valence-electron chi connectivity index (χ4n) is 2.73.